The number of nitro benzene ring substituents is 1. The van der Waals surface area contributed by atoms with E-state index in [1.807, 2.05) is 35.8 Å². The number of carbonyl (C=O) groups is 1. The van der Waals surface area contributed by atoms with Gasteiger partial charge < -0.3 is 10.3 Å². The molecule has 0 saturated carbocycles. The molecule has 0 aliphatic carbocycles. The third-order valence-electron chi connectivity index (χ3n) is 4.20. The summed E-state index contributed by atoms with van der Waals surface area (Å²) in [6.45, 7) is 2.43. The molecule has 6 nitrogen and oxygen atoms in total. The SMILES string of the molecule is Cc1cc([N+](=O)[O-])ccc1CCn1c(C(N)=O)cc2ccccc21. The highest BCUT2D eigenvalue weighted by atomic mass is 16.6. The van der Waals surface area contributed by atoms with E-state index in [1.54, 1.807) is 18.2 Å². The van der Waals surface area contributed by atoms with E-state index in [-0.39, 0.29) is 5.69 Å². The van der Waals surface area contributed by atoms with Gasteiger partial charge in [0.1, 0.15) is 5.69 Å². The summed E-state index contributed by atoms with van der Waals surface area (Å²) in [4.78, 5) is 22.1. The fourth-order valence-electron chi connectivity index (χ4n) is 2.96. The van der Waals surface area contributed by atoms with Crippen LogP contribution in [-0.2, 0) is 13.0 Å². The molecule has 0 bridgehead atoms. The number of para-hydroxylation sites is 1. The minimum atomic E-state index is -0.466. The zero-order chi connectivity index (χ0) is 17.3. The minimum absolute atomic E-state index is 0.0838. The number of non-ortho nitro benzene ring substituents is 1. The molecule has 2 N–H and O–H groups in total. The molecule has 0 fully saturated rings. The van der Waals surface area contributed by atoms with Gasteiger partial charge in [-0.25, -0.2) is 0 Å². The summed E-state index contributed by atoms with van der Waals surface area (Å²) in [6.07, 6.45) is 0.656. The molecule has 122 valence electrons. The number of nitro groups is 1. The molecule has 0 unspecified atom stereocenters. The van der Waals surface area contributed by atoms with Gasteiger partial charge in [-0.15, -0.1) is 0 Å². The number of nitrogens with two attached hydrogens (primary N) is 1. The van der Waals surface area contributed by atoms with E-state index in [0.717, 1.165) is 22.0 Å². The first-order valence-electron chi connectivity index (χ1n) is 7.59. The van der Waals surface area contributed by atoms with Crippen molar-refractivity contribution in [1.29, 1.82) is 0 Å². The van der Waals surface area contributed by atoms with E-state index in [9.17, 15) is 14.9 Å². The zero-order valence-electron chi connectivity index (χ0n) is 13.2. The van der Waals surface area contributed by atoms with Crippen LogP contribution in [0.3, 0.4) is 0 Å². The van der Waals surface area contributed by atoms with Crippen LogP contribution in [0.1, 0.15) is 21.6 Å². The number of amides is 1. The van der Waals surface area contributed by atoms with Crippen molar-refractivity contribution < 1.29 is 9.72 Å². The van der Waals surface area contributed by atoms with Crippen LogP contribution in [0.2, 0.25) is 0 Å². The molecule has 0 radical (unpaired) electrons. The maximum atomic E-state index is 11.7. The number of hydrogen-bond donors (Lipinski definition) is 1. The first-order chi connectivity index (χ1) is 11.5. The predicted octanol–water partition coefficient (Wildman–Crippen LogP) is 3.20. The van der Waals surface area contributed by atoms with Crippen LogP contribution in [0.25, 0.3) is 10.9 Å². The fraction of sp³-hybridized carbons (Fsp3) is 0.167. The average molecular weight is 323 g/mol. The van der Waals surface area contributed by atoms with Gasteiger partial charge in [-0.3, -0.25) is 14.9 Å². The third kappa shape index (κ3) is 2.86. The zero-order valence-corrected chi connectivity index (χ0v) is 13.2. The van der Waals surface area contributed by atoms with Crippen molar-refractivity contribution in [2.24, 2.45) is 5.73 Å². The number of carbonyl (C=O) groups excluding carboxylic acids is 1. The second-order valence-electron chi connectivity index (χ2n) is 5.72. The Morgan fingerprint density at radius 1 is 1.21 bits per heavy atom. The van der Waals surface area contributed by atoms with Gasteiger partial charge in [0.05, 0.1) is 4.92 Å². The Hall–Kier alpha value is -3.15. The monoisotopic (exact) mass is 323 g/mol. The largest absolute Gasteiger partial charge is 0.364 e. The highest BCUT2D eigenvalue weighted by Gasteiger charge is 2.14. The number of aromatic nitrogens is 1. The van der Waals surface area contributed by atoms with Crippen LogP contribution in [-0.4, -0.2) is 15.4 Å². The summed E-state index contributed by atoms with van der Waals surface area (Å²) in [5.41, 5.74) is 8.87. The molecule has 1 aromatic heterocycles. The van der Waals surface area contributed by atoms with Crippen molar-refractivity contribution in [3.63, 3.8) is 0 Å². The molecule has 0 atom stereocenters. The van der Waals surface area contributed by atoms with E-state index in [2.05, 4.69) is 0 Å². The van der Waals surface area contributed by atoms with E-state index in [1.165, 1.54) is 6.07 Å². The second kappa shape index (κ2) is 6.16. The van der Waals surface area contributed by atoms with Gasteiger partial charge in [0.15, 0.2) is 0 Å². The molecule has 2 aromatic carbocycles. The number of benzene rings is 2. The van der Waals surface area contributed by atoms with Gasteiger partial charge in [0.2, 0.25) is 0 Å². The van der Waals surface area contributed by atoms with Gasteiger partial charge in [-0.1, -0.05) is 24.3 Å². The lowest BCUT2D eigenvalue weighted by atomic mass is 10.0. The summed E-state index contributed by atoms with van der Waals surface area (Å²) in [5.74, 6) is -0.466. The quantitative estimate of drug-likeness (QED) is 0.577. The van der Waals surface area contributed by atoms with Crippen LogP contribution >= 0.6 is 0 Å². The van der Waals surface area contributed by atoms with Crippen molar-refractivity contribution in [3.05, 3.63) is 75.5 Å². The second-order valence-corrected chi connectivity index (χ2v) is 5.72. The first kappa shape index (κ1) is 15.7. The molecule has 0 aliphatic rings. The van der Waals surface area contributed by atoms with Gasteiger partial charge >= 0.3 is 0 Å². The lowest BCUT2D eigenvalue weighted by Gasteiger charge is -2.10. The Labute approximate surface area is 138 Å². The maximum absolute atomic E-state index is 11.7. The first-order valence-corrected chi connectivity index (χ1v) is 7.59. The van der Waals surface area contributed by atoms with Crippen LogP contribution in [0.5, 0.6) is 0 Å². The molecular formula is C18H17N3O3. The molecule has 0 spiro atoms. The van der Waals surface area contributed by atoms with Gasteiger partial charge in [-0.2, -0.15) is 0 Å². The smallest absolute Gasteiger partial charge is 0.269 e. The van der Waals surface area contributed by atoms with Gasteiger partial charge in [0, 0.05) is 29.6 Å². The van der Waals surface area contributed by atoms with E-state index >= 15 is 0 Å². The van der Waals surface area contributed by atoms with Crippen LogP contribution in [0.4, 0.5) is 5.69 Å². The van der Waals surface area contributed by atoms with E-state index < -0.39 is 10.8 Å². The highest BCUT2D eigenvalue weighted by molar-refractivity contribution is 5.97. The van der Waals surface area contributed by atoms with Crippen molar-refractivity contribution in [3.8, 4) is 0 Å². The van der Waals surface area contributed by atoms with Gasteiger partial charge in [-0.05, 0) is 36.6 Å². The molecule has 6 heteroatoms. The summed E-state index contributed by atoms with van der Waals surface area (Å²) >= 11 is 0. The highest BCUT2D eigenvalue weighted by Crippen LogP contribution is 2.22. The van der Waals surface area contributed by atoms with E-state index in [4.69, 9.17) is 5.73 Å². The van der Waals surface area contributed by atoms with Crippen molar-refractivity contribution in [1.82, 2.24) is 4.57 Å². The predicted molar refractivity (Wildman–Crippen MR) is 92.0 cm³/mol. The lowest BCUT2D eigenvalue weighted by molar-refractivity contribution is -0.384. The number of hydrogen-bond acceptors (Lipinski definition) is 3. The van der Waals surface area contributed by atoms with Crippen LogP contribution < -0.4 is 5.73 Å². The van der Waals surface area contributed by atoms with Crippen molar-refractivity contribution >= 4 is 22.5 Å². The third-order valence-corrected chi connectivity index (χ3v) is 4.20. The van der Waals surface area contributed by atoms with E-state index in [0.29, 0.717) is 18.7 Å². The van der Waals surface area contributed by atoms with Crippen molar-refractivity contribution in [2.75, 3.05) is 0 Å². The average Bonchev–Trinajstić information content (AvgIpc) is 2.92. The Balaban J connectivity index is 1.92. The maximum Gasteiger partial charge on any atom is 0.269 e. The molecule has 24 heavy (non-hydrogen) atoms. The molecule has 0 aliphatic heterocycles. The fourth-order valence-corrected chi connectivity index (χ4v) is 2.96. The molecular weight excluding hydrogens is 306 g/mol. The van der Waals surface area contributed by atoms with Crippen LogP contribution in [0, 0.1) is 17.0 Å². The number of fused-ring (bicyclic) bond motifs is 1. The number of aryl methyl sites for hydroxylation is 3. The molecule has 3 aromatic rings. The van der Waals surface area contributed by atoms with Crippen molar-refractivity contribution in [2.45, 2.75) is 19.9 Å². The number of rotatable bonds is 5. The molecule has 0 saturated heterocycles. The Morgan fingerprint density at radius 2 is 1.96 bits per heavy atom. The standard InChI is InChI=1S/C18H17N3O3/c1-12-10-15(21(23)24)7-6-13(12)8-9-20-16-5-3-2-4-14(16)11-17(20)18(19)22/h2-7,10-11H,8-9H2,1H3,(H2,19,22). The summed E-state index contributed by atoms with van der Waals surface area (Å²) in [7, 11) is 0. The molecule has 1 heterocycles. The minimum Gasteiger partial charge on any atom is -0.364 e. The number of nitrogens with zero attached hydrogens (tertiary/aromatic N) is 2. The molecule has 1 amide bonds. The Kier molecular flexibility index (Phi) is 4.04. The summed E-state index contributed by atoms with van der Waals surface area (Å²) < 4.78 is 1.90. The summed E-state index contributed by atoms with van der Waals surface area (Å²) in [6, 6.07) is 14.4. The van der Waals surface area contributed by atoms with Gasteiger partial charge in [0.25, 0.3) is 11.6 Å². The Morgan fingerprint density at radius 3 is 2.62 bits per heavy atom. The van der Waals surface area contributed by atoms with Crippen LogP contribution in [0.15, 0.2) is 48.5 Å². The lowest BCUT2D eigenvalue weighted by Crippen LogP contribution is -2.17. The number of primary amides is 1. The summed E-state index contributed by atoms with van der Waals surface area (Å²) in [5, 5.41) is 11.8. The topological polar surface area (TPSA) is 91.2 Å². The Bertz CT molecular complexity index is 944. The molecule has 3 rings (SSSR count). The normalized spacial score (nSPS) is 10.9.